The molecule has 0 nitrogen and oxygen atoms in total. The normalized spacial score (nSPS) is 31.6. The fourth-order valence-electron chi connectivity index (χ4n) is 1.85. The summed E-state index contributed by atoms with van der Waals surface area (Å²) in [5, 5.41) is 0. The molecule has 0 heterocycles. The number of rotatable bonds is 3. The minimum atomic E-state index is 0.833. The van der Waals surface area contributed by atoms with Crippen molar-refractivity contribution in [1.29, 1.82) is 0 Å². The molecule has 11 heavy (non-hydrogen) atoms. The van der Waals surface area contributed by atoms with E-state index in [-0.39, 0.29) is 0 Å². The second-order valence-electron chi connectivity index (χ2n) is 4.25. The molecule has 0 aromatic carbocycles. The highest BCUT2D eigenvalue weighted by Gasteiger charge is 2.21. The third-order valence-electron chi connectivity index (χ3n) is 2.63. The summed E-state index contributed by atoms with van der Waals surface area (Å²) in [5.41, 5.74) is 0. The van der Waals surface area contributed by atoms with Gasteiger partial charge in [0, 0.05) is 4.83 Å². The average Bonchev–Trinajstić information content (AvgIpc) is 2.31. The Hall–Kier alpha value is 0.480. The maximum atomic E-state index is 3.69. The zero-order valence-corrected chi connectivity index (χ0v) is 9.23. The SMILES string of the molecule is CC(C)CCC1CCC(Br)C1. The first-order valence-corrected chi connectivity index (χ1v) is 5.74. The molecule has 0 aliphatic heterocycles. The van der Waals surface area contributed by atoms with Crippen molar-refractivity contribution in [3.05, 3.63) is 0 Å². The zero-order chi connectivity index (χ0) is 8.27. The minimum Gasteiger partial charge on any atom is -0.0891 e. The van der Waals surface area contributed by atoms with Crippen LogP contribution in [0.1, 0.15) is 46.0 Å². The van der Waals surface area contributed by atoms with Crippen LogP contribution in [0.25, 0.3) is 0 Å². The number of hydrogen-bond acceptors (Lipinski definition) is 0. The van der Waals surface area contributed by atoms with Crippen molar-refractivity contribution in [2.24, 2.45) is 11.8 Å². The monoisotopic (exact) mass is 218 g/mol. The molecule has 2 atom stereocenters. The summed E-state index contributed by atoms with van der Waals surface area (Å²) >= 11 is 3.69. The van der Waals surface area contributed by atoms with Crippen LogP contribution < -0.4 is 0 Å². The van der Waals surface area contributed by atoms with E-state index in [1.54, 1.807) is 0 Å². The van der Waals surface area contributed by atoms with Gasteiger partial charge in [-0.3, -0.25) is 0 Å². The fraction of sp³-hybridized carbons (Fsp3) is 1.00. The van der Waals surface area contributed by atoms with E-state index in [9.17, 15) is 0 Å². The third-order valence-corrected chi connectivity index (χ3v) is 3.46. The molecule has 1 aliphatic rings. The van der Waals surface area contributed by atoms with Crippen molar-refractivity contribution in [3.8, 4) is 0 Å². The highest BCUT2D eigenvalue weighted by Crippen LogP contribution is 2.34. The third kappa shape index (κ3) is 3.59. The van der Waals surface area contributed by atoms with Gasteiger partial charge in [-0.05, 0) is 31.1 Å². The van der Waals surface area contributed by atoms with Crippen LogP contribution in [0, 0.1) is 11.8 Å². The zero-order valence-electron chi connectivity index (χ0n) is 7.65. The van der Waals surface area contributed by atoms with E-state index in [2.05, 4.69) is 29.8 Å². The van der Waals surface area contributed by atoms with Gasteiger partial charge in [-0.2, -0.15) is 0 Å². The van der Waals surface area contributed by atoms with Crippen LogP contribution in [0.2, 0.25) is 0 Å². The molecule has 0 aromatic rings. The van der Waals surface area contributed by atoms with Gasteiger partial charge >= 0.3 is 0 Å². The number of hydrogen-bond donors (Lipinski definition) is 0. The van der Waals surface area contributed by atoms with E-state index in [0.29, 0.717) is 0 Å². The van der Waals surface area contributed by atoms with Crippen LogP contribution in [-0.4, -0.2) is 4.83 Å². The molecule has 1 aliphatic carbocycles. The quantitative estimate of drug-likeness (QED) is 0.629. The lowest BCUT2D eigenvalue weighted by molar-refractivity contribution is 0.433. The Morgan fingerprint density at radius 2 is 2.09 bits per heavy atom. The highest BCUT2D eigenvalue weighted by atomic mass is 79.9. The molecular formula is C10H19Br. The first-order valence-electron chi connectivity index (χ1n) is 4.82. The number of halogens is 1. The van der Waals surface area contributed by atoms with E-state index >= 15 is 0 Å². The molecule has 0 radical (unpaired) electrons. The van der Waals surface area contributed by atoms with E-state index in [4.69, 9.17) is 0 Å². The molecule has 0 N–H and O–H groups in total. The lowest BCUT2D eigenvalue weighted by Crippen LogP contribution is -1.98. The molecule has 0 amide bonds. The topological polar surface area (TPSA) is 0 Å². The van der Waals surface area contributed by atoms with Crippen LogP contribution in [0.5, 0.6) is 0 Å². The van der Waals surface area contributed by atoms with Crippen LogP contribution in [0.4, 0.5) is 0 Å². The van der Waals surface area contributed by atoms with Crippen LogP contribution in [0.15, 0.2) is 0 Å². The van der Waals surface area contributed by atoms with Gasteiger partial charge in [0.05, 0.1) is 0 Å². The Morgan fingerprint density at radius 3 is 2.55 bits per heavy atom. The van der Waals surface area contributed by atoms with E-state index in [1.807, 2.05) is 0 Å². The first-order chi connectivity index (χ1) is 5.18. The van der Waals surface area contributed by atoms with Gasteiger partial charge in [-0.1, -0.05) is 42.6 Å². The Morgan fingerprint density at radius 1 is 1.36 bits per heavy atom. The van der Waals surface area contributed by atoms with E-state index in [0.717, 1.165) is 16.7 Å². The van der Waals surface area contributed by atoms with Gasteiger partial charge in [0.15, 0.2) is 0 Å². The standard InChI is InChI=1S/C10H19Br/c1-8(2)3-4-9-5-6-10(11)7-9/h8-10H,3-7H2,1-2H3. The predicted molar refractivity (Wildman–Crippen MR) is 54.1 cm³/mol. The minimum absolute atomic E-state index is 0.833. The predicted octanol–water partition coefficient (Wildman–Crippen LogP) is 3.99. The van der Waals surface area contributed by atoms with Crippen molar-refractivity contribution < 1.29 is 0 Å². The Balaban J connectivity index is 2.08. The first kappa shape index (κ1) is 9.57. The van der Waals surface area contributed by atoms with Gasteiger partial charge in [-0.25, -0.2) is 0 Å². The lowest BCUT2D eigenvalue weighted by Gasteiger charge is -2.10. The molecule has 1 saturated carbocycles. The fourth-order valence-corrected chi connectivity index (χ4v) is 2.64. The van der Waals surface area contributed by atoms with Crippen molar-refractivity contribution in [1.82, 2.24) is 0 Å². The molecule has 0 bridgehead atoms. The van der Waals surface area contributed by atoms with Gasteiger partial charge in [0.25, 0.3) is 0 Å². The van der Waals surface area contributed by atoms with Crippen LogP contribution in [0.3, 0.4) is 0 Å². The van der Waals surface area contributed by atoms with Crippen LogP contribution >= 0.6 is 15.9 Å². The average molecular weight is 219 g/mol. The summed E-state index contributed by atoms with van der Waals surface area (Å²) in [4.78, 5) is 0.833. The summed E-state index contributed by atoms with van der Waals surface area (Å²) < 4.78 is 0. The smallest absolute Gasteiger partial charge is 0.0148 e. The van der Waals surface area contributed by atoms with Gasteiger partial charge in [0.2, 0.25) is 0 Å². The Kier molecular flexibility index (Phi) is 3.91. The lowest BCUT2D eigenvalue weighted by atomic mass is 9.97. The molecule has 1 heteroatoms. The van der Waals surface area contributed by atoms with Crippen molar-refractivity contribution in [2.75, 3.05) is 0 Å². The molecule has 0 spiro atoms. The van der Waals surface area contributed by atoms with E-state index < -0.39 is 0 Å². The van der Waals surface area contributed by atoms with Gasteiger partial charge in [0.1, 0.15) is 0 Å². The maximum absolute atomic E-state index is 3.69. The molecular weight excluding hydrogens is 200 g/mol. The molecule has 0 saturated heterocycles. The van der Waals surface area contributed by atoms with Crippen LogP contribution in [-0.2, 0) is 0 Å². The summed E-state index contributed by atoms with van der Waals surface area (Å²) in [6.45, 7) is 4.64. The second kappa shape index (κ2) is 4.49. The summed E-state index contributed by atoms with van der Waals surface area (Å²) in [7, 11) is 0. The summed E-state index contributed by atoms with van der Waals surface area (Å²) in [6.07, 6.45) is 7.17. The number of alkyl halides is 1. The Bertz CT molecular complexity index is 109. The van der Waals surface area contributed by atoms with Gasteiger partial charge < -0.3 is 0 Å². The molecule has 2 unspecified atom stereocenters. The van der Waals surface area contributed by atoms with Crippen molar-refractivity contribution >= 4 is 15.9 Å². The Labute approximate surface area is 78.9 Å². The summed E-state index contributed by atoms with van der Waals surface area (Å²) in [6, 6.07) is 0. The molecule has 66 valence electrons. The molecule has 0 aromatic heterocycles. The highest BCUT2D eigenvalue weighted by molar-refractivity contribution is 9.09. The molecule has 1 rings (SSSR count). The maximum Gasteiger partial charge on any atom is 0.0148 e. The largest absolute Gasteiger partial charge is 0.0891 e. The van der Waals surface area contributed by atoms with Crippen molar-refractivity contribution in [2.45, 2.75) is 50.8 Å². The van der Waals surface area contributed by atoms with Gasteiger partial charge in [-0.15, -0.1) is 0 Å². The molecule has 1 fully saturated rings. The van der Waals surface area contributed by atoms with Crippen molar-refractivity contribution in [3.63, 3.8) is 0 Å². The van der Waals surface area contributed by atoms with E-state index in [1.165, 1.54) is 32.1 Å². The second-order valence-corrected chi connectivity index (χ2v) is 5.54. The summed E-state index contributed by atoms with van der Waals surface area (Å²) in [5.74, 6) is 1.92.